The van der Waals surface area contributed by atoms with E-state index in [4.69, 9.17) is 9.84 Å². The number of carboxylic acid groups (broad SMARTS) is 1. The standard InChI is InChI=1S/C14H18O4/c15-11-6-7-12(14(16)17)13(8-11)18-9-10-4-2-1-3-5-10/h6-8,10,15H,1-5,9H2,(H,16,17). The molecule has 1 fully saturated rings. The summed E-state index contributed by atoms with van der Waals surface area (Å²) < 4.78 is 5.58. The van der Waals surface area contributed by atoms with Crippen molar-refractivity contribution in [3.8, 4) is 11.5 Å². The molecule has 1 aliphatic carbocycles. The number of aromatic carboxylic acids is 1. The summed E-state index contributed by atoms with van der Waals surface area (Å²) in [6.07, 6.45) is 6.01. The van der Waals surface area contributed by atoms with Gasteiger partial charge in [0.2, 0.25) is 0 Å². The Morgan fingerprint density at radius 1 is 1.28 bits per heavy atom. The van der Waals surface area contributed by atoms with Crippen LogP contribution in [0.15, 0.2) is 18.2 Å². The van der Waals surface area contributed by atoms with Gasteiger partial charge >= 0.3 is 5.97 Å². The number of hydrogen-bond acceptors (Lipinski definition) is 3. The lowest BCUT2D eigenvalue weighted by molar-refractivity contribution is 0.0690. The van der Waals surface area contributed by atoms with Crippen LogP contribution >= 0.6 is 0 Å². The summed E-state index contributed by atoms with van der Waals surface area (Å²) in [4.78, 5) is 11.0. The largest absolute Gasteiger partial charge is 0.508 e. The number of rotatable bonds is 4. The molecule has 4 nitrogen and oxygen atoms in total. The summed E-state index contributed by atoms with van der Waals surface area (Å²) in [7, 11) is 0. The van der Waals surface area contributed by atoms with E-state index >= 15 is 0 Å². The molecule has 0 spiro atoms. The highest BCUT2D eigenvalue weighted by atomic mass is 16.5. The molecule has 0 atom stereocenters. The van der Waals surface area contributed by atoms with Crippen LogP contribution in [0.25, 0.3) is 0 Å². The summed E-state index contributed by atoms with van der Waals surface area (Å²) in [5.74, 6) is -0.247. The first-order valence-corrected chi connectivity index (χ1v) is 6.36. The van der Waals surface area contributed by atoms with E-state index in [1.807, 2.05) is 0 Å². The number of carboxylic acids is 1. The number of aromatic hydroxyl groups is 1. The topological polar surface area (TPSA) is 66.8 Å². The van der Waals surface area contributed by atoms with E-state index < -0.39 is 5.97 Å². The second kappa shape index (κ2) is 5.76. The van der Waals surface area contributed by atoms with Crippen LogP contribution in [0.5, 0.6) is 11.5 Å². The predicted octanol–water partition coefficient (Wildman–Crippen LogP) is 3.05. The molecular weight excluding hydrogens is 232 g/mol. The molecule has 0 saturated heterocycles. The smallest absolute Gasteiger partial charge is 0.339 e. The SMILES string of the molecule is O=C(O)c1ccc(O)cc1OCC1CCCCC1. The zero-order valence-corrected chi connectivity index (χ0v) is 10.3. The highest BCUT2D eigenvalue weighted by molar-refractivity contribution is 5.91. The van der Waals surface area contributed by atoms with E-state index in [1.165, 1.54) is 37.5 Å². The average Bonchev–Trinajstić information content (AvgIpc) is 2.37. The Morgan fingerprint density at radius 2 is 2.00 bits per heavy atom. The highest BCUT2D eigenvalue weighted by Gasteiger charge is 2.17. The van der Waals surface area contributed by atoms with Gasteiger partial charge in [0.25, 0.3) is 0 Å². The summed E-state index contributed by atoms with van der Waals surface area (Å²) in [5, 5.41) is 18.4. The molecule has 1 aromatic rings. The zero-order chi connectivity index (χ0) is 13.0. The van der Waals surface area contributed by atoms with Crippen LogP contribution in [0.3, 0.4) is 0 Å². The third kappa shape index (κ3) is 3.15. The Morgan fingerprint density at radius 3 is 2.67 bits per heavy atom. The van der Waals surface area contributed by atoms with Crippen molar-refractivity contribution in [3.05, 3.63) is 23.8 Å². The van der Waals surface area contributed by atoms with Gasteiger partial charge < -0.3 is 14.9 Å². The lowest BCUT2D eigenvalue weighted by atomic mass is 9.90. The number of ether oxygens (including phenoxy) is 1. The van der Waals surface area contributed by atoms with Crippen molar-refractivity contribution in [2.75, 3.05) is 6.61 Å². The number of phenolic OH excluding ortho intramolecular Hbond substituents is 1. The maximum absolute atomic E-state index is 11.0. The highest BCUT2D eigenvalue weighted by Crippen LogP contribution is 2.28. The fraction of sp³-hybridized carbons (Fsp3) is 0.500. The Balaban J connectivity index is 2.03. The zero-order valence-electron chi connectivity index (χ0n) is 10.3. The fourth-order valence-electron chi connectivity index (χ4n) is 2.37. The summed E-state index contributed by atoms with van der Waals surface area (Å²) >= 11 is 0. The monoisotopic (exact) mass is 250 g/mol. The molecule has 0 amide bonds. The lowest BCUT2D eigenvalue weighted by Crippen LogP contribution is -2.16. The van der Waals surface area contributed by atoms with E-state index in [-0.39, 0.29) is 17.1 Å². The predicted molar refractivity (Wildman–Crippen MR) is 67.1 cm³/mol. The second-order valence-corrected chi connectivity index (χ2v) is 4.80. The van der Waals surface area contributed by atoms with Gasteiger partial charge in [0, 0.05) is 6.07 Å². The van der Waals surface area contributed by atoms with Crippen molar-refractivity contribution < 1.29 is 19.7 Å². The van der Waals surface area contributed by atoms with Crippen LogP contribution in [-0.4, -0.2) is 22.8 Å². The number of phenols is 1. The normalized spacial score (nSPS) is 16.4. The van der Waals surface area contributed by atoms with E-state index in [0.717, 1.165) is 12.8 Å². The summed E-state index contributed by atoms with van der Waals surface area (Å²) in [6.45, 7) is 0.531. The molecule has 0 unspecified atom stereocenters. The van der Waals surface area contributed by atoms with Gasteiger partial charge in [0.15, 0.2) is 0 Å². The molecule has 0 aromatic heterocycles. The molecule has 2 rings (SSSR count). The van der Waals surface area contributed by atoms with Gasteiger partial charge in [0.1, 0.15) is 17.1 Å². The van der Waals surface area contributed by atoms with Crippen LogP contribution < -0.4 is 4.74 Å². The summed E-state index contributed by atoms with van der Waals surface area (Å²) in [6, 6.07) is 4.09. The molecule has 98 valence electrons. The van der Waals surface area contributed by atoms with Gasteiger partial charge in [-0.05, 0) is 30.9 Å². The fourth-order valence-corrected chi connectivity index (χ4v) is 2.37. The van der Waals surface area contributed by atoms with Crippen molar-refractivity contribution in [1.82, 2.24) is 0 Å². The Kier molecular flexibility index (Phi) is 4.07. The number of carbonyl (C=O) groups is 1. The minimum Gasteiger partial charge on any atom is -0.508 e. The molecule has 1 saturated carbocycles. The van der Waals surface area contributed by atoms with Crippen molar-refractivity contribution in [3.63, 3.8) is 0 Å². The lowest BCUT2D eigenvalue weighted by Gasteiger charge is -2.22. The van der Waals surface area contributed by atoms with Gasteiger partial charge in [-0.2, -0.15) is 0 Å². The minimum absolute atomic E-state index is 0.0265. The minimum atomic E-state index is -1.03. The van der Waals surface area contributed by atoms with Crippen LogP contribution in [0.1, 0.15) is 42.5 Å². The Labute approximate surface area is 106 Å². The van der Waals surface area contributed by atoms with E-state index in [2.05, 4.69) is 0 Å². The molecule has 0 bridgehead atoms. The molecule has 2 N–H and O–H groups in total. The molecule has 18 heavy (non-hydrogen) atoms. The third-order valence-electron chi connectivity index (χ3n) is 3.39. The third-order valence-corrected chi connectivity index (χ3v) is 3.39. The maximum Gasteiger partial charge on any atom is 0.339 e. The first-order chi connectivity index (χ1) is 8.66. The van der Waals surface area contributed by atoms with Crippen molar-refractivity contribution in [2.45, 2.75) is 32.1 Å². The van der Waals surface area contributed by atoms with E-state index in [0.29, 0.717) is 12.5 Å². The van der Waals surface area contributed by atoms with Gasteiger partial charge in [-0.3, -0.25) is 0 Å². The van der Waals surface area contributed by atoms with Crippen LogP contribution in [0, 0.1) is 5.92 Å². The molecule has 1 aromatic carbocycles. The maximum atomic E-state index is 11.0. The molecule has 0 radical (unpaired) electrons. The second-order valence-electron chi connectivity index (χ2n) is 4.80. The van der Waals surface area contributed by atoms with Gasteiger partial charge in [0.05, 0.1) is 6.61 Å². The van der Waals surface area contributed by atoms with Crippen molar-refractivity contribution >= 4 is 5.97 Å². The first kappa shape index (κ1) is 12.7. The van der Waals surface area contributed by atoms with Gasteiger partial charge in [-0.15, -0.1) is 0 Å². The summed E-state index contributed by atoms with van der Waals surface area (Å²) in [5.41, 5.74) is 0.101. The molecule has 1 aliphatic rings. The van der Waals surface area contributed by atoms with E-state index in [9.17, 15) is 9.90 Å². The van der Waals surface area contributed by atoms with Crippen LogP contribution in [0.4, 0.5) is 0 Å². The van der Waals surface area contributed by atoms with Crippen molar-refractivity contribution in [1.29, 1.82) is 0 Å². The molecule has 0 heterocycles. The Bertz CT molecular complexity index is 422. The first-order valence-electron chi connectivity index (χ1n) is 6.36. The average molecular weight is 250 g/mol. The van der Waals surface area contributed by atoms with Crippen LogP contribution in [0.2, 0.25) is 0 Å². The Hall–Kier alpha value is -1.71. The molecular formula is C14H18O4. The van der Waals surface area contributed by atoms with Gasteiger partial charge in [-0.1, -0.05) is 19.3 Å². The van der Waals surface area contributed by atoms with Crippen molar-refractivity contribution in [2.24, 2.45) is 5.92 Å². The molecule has 0 aliphatic heterocycles. The number of hydrogen-bond donors (Lipinski definition) is 2. The van der Waals surface area contributed by atoms with E-state index in [1.54, 1.807) is 0 Å². The molecule has 4 heteroatoms. The van der Waals surface area contributed by atoms with Gasteiger partial charge in [-0.25, -0.2) is 4.79 Å². The van der Waals surface area contributed by atoms with Crippen LogP contribution in [-0.2, 0) is 0 Å². The number of benzene rings is 1. The quantitative estimate of drug-likeness (QED) is 0.861.